The Morgan fingerprint density at radius 3 is 2.38 bits per heavy atom. The van der Waals surface area contributed by atoms with Gasteiger partial charge in [0.05, 0.1) is 0 Å². The van der Waals surface area contributed by atoms with Gasteiger partial charge >= 0.3 is 82.3 Å². The summed E-state index contributed by atoms with van der Waals surface area (Å²) >= 11 is 1.57. The molecule has 0 saturated heterocycles. The number of allylic oxidation sites excluding steroid dienone is 1. The summed E-state index contributed by atoms with van der Waals surface area (Å²) in [5, 5.41) is 0. The molecule has 1 aromatic rings. The van der Waals surface area contributed by atoms with Crippen molar-refractivity contribution in [3.8, 4) is 0 Å². The largest absolute Gasteiger partial charge is 0.107 e. The van der Waals surface area contributed by atoms with Crippen LogP contribution in [0.5, 0.6) is 0 Å². The van der Waals surface area contributed by atoms with E-state index in [-0.39, 0.29) is 48.0 Å². The molecule has 0 bridgehead atoms. The number of fused-ring (bicyclic) bond motifs is 1. The number of hydrogen-bond acceptors (Lipinski definition) is 0. The van der Waals surface area contributed by atoms with Crippen molar-refractivity contribution < 1.29 is 24.7 Å². The van der Waals surface area contributed by atoms with E-state index in [2.05, 4.69) is 43.3 Å². The maximum atomic E-state index is 2.30. The van der Waals surface area contributed by atoms with Crippen LogP contribution in [0.2, 0.25) is 0 Å². The monoisotopic (exact) mass is 475 g/mol. The summed E-state index contributed by atoms with van der Waals surface area (Å²) in [5.74, 6) is 0. The first-order chi connectivity index (χ1) is 5.20. The minimum absolute atomic E-state index is 0. The van der Waals surface area contributed by atoms with Crippen LogP contribution in [0.4, 0.5) is 0 Å². The number of hydrogen-bond donors (Lipinski definition) is 0. The van der Waals surface area contributed by atoms with Gasteiger partial charge in [-0.25, -0.2) is 0 Å². The molecule has 0 aromatic heterocycles. The molecule has 3 heteroatoms. The molecule has 0 aliphatic heterocycles. The molecular formula is C10H11I2Zr. The Labute approximate surface area is 128 Å². The standard InChI is InChI=1S/C10H9.2HI.Zr/c1-8-6-7-9-4-2-3-5-10(8)9;;;/h2-7H,1H3;2*1H;. The zero-order valence-electron chi connectivity index (χ0n) is 7.28. The van der Waals surface area contributed by atoms with Crippen LogP contribution in [-0.2, 0) is 27.8 Å². The second-order valence-corrected chi connectivity index (χ2v) is 5.68. The topological polar surface area (TPSA) is 0 Å². The molecule has 0 radical (unpaired) electrons. The summed E-state index contributed by atoms with van der Waals surface area (Å²) < 4.78 is 0.337. The fraction of sp³-hybridized carbons (Fsp3) is 0.200. The molecule has 0 heterocycles. The van der Waals surface area contributed by atoms with E-state index in [1.165, 1.54) is 11.1 Å². The third kappa shape index (κ3) is 2.88. The van der Waals surface area contributed by atoms with Crippen molar-refractivity contribution in [2.24, 2.45) is 0 Å². The van der Waals surface area contributed by atoms with Gasteiger partial charge in [-0.3, -0.25) is 0 Å². The summed E-state index contributed by atoms with van der Waals surface area (Å²) in [6, 6.07) is 8.62. The van der Waals surface area contributed by atoms with E-state index in [1.807, 2.05) is 0 Å². The van der Waals surface area contributed by atoms with Gasteiger partial charge in [-0.1, -0.05) is 0 Å². The second kappa shape index (κ2) is 5.40. The maximum Gasteiger partial charge on any atom is -0.107 e. The van der Waals surface area contributed by atoms with Gasteiger partial charge in [0, 0.05) is 0 Å². The van der Waals surface area contributed by atoms with Gasteiger partial charge in [0.2, 0.25) is 0 Å². The van der Waals surface area contributed by atoms with E-state index in [1.54, 1.807) is 24.7 Å². The molecule has 0 saturated carbocycles. The molecule has 2 rings (SSSR count). The van der Waals surface area contributed by atoms with Crippen molar-refractivity contribution in [3.05, 3.63) is 41.5 Å². The van der Waals surface area contributed by atoms with E-state index < -0.39 is 0 Å². The van der Waals surface area contributed by atoms with Crippen molar-refractivity contribution in [2.75, 3.05) is 0 Å². The Kier molecular flexibility index (Phi) is 5.95. The molecule has 0 spiro atoms. The zero-order valence-corrected chi connectivity index (χ0v) is 14.4. The van der Waals surface area contributed by atoms with E-state index in [4.69, 9.17) is 0 Å². The number of halogens is 2. The van der Waals surface area contributed by atoms with Gasteiger partial charge in [0.15, 0.2) is 0 Å². The maximum absolute atomic E-state index is 2.30. The van der Waals surface area contributed by atoms with Crippen LogP contribution in [0.25, 0.3) is 6.08 Å². The van der Waals surface area contributed by atoms with Crippen LogP contribution in [0.15, 0.2) is 30.3 Å². The first kappa shape index (κ1) is 14.3. The molecule has 0 nitrogen and oxygen atoms in total. The van der Waals surface area contributed by atoms with Crippen molar-refractivity contribution >= 4 is 54.0 Å². The summed E-state index contributed by atoms with van der Waals surface area (Å²) in [7, 11) is 0. The predicted octanol–water partition coefficient (Wildman–Crippen LogP) is 3.71. The predicted molar refractivity (Wildman–Crippen MR) is 73.7 cm³/mol. The normalized spacial score (nSPS) is 22.8. The Morgan fingerprint density at radius 2 is 1.77 bits per heavy atom. The number of benzene rings is 1. The van der Waals surface area contributed by atoms with Crippen LogP contribution in [0, 0.1) is 0 Å². The summed E-state index contributed by atoms with van der Waals surface area (Å²) in [6.45, 7) is 2.29. The van der Waals surface area contributed by atoms with Crippen LogP contribution < -0.4 is 0 Å². The molecule has 1 atom stereocenters. The van der Waals surface area contributed by atoms with E-state index in [0.29, 0.717) is 3.12 Å². The average Bonchev–Trinajstić information content (AvgIpc) is 2.29. The van der Waals surface area contributed by atoms with Gasteiger partial charge in [-0.15, -0.1) is 48.0 Å². The zero-order chi connectivity index (χ0) is 7.90. The summed E-state index contributed by atoms with van der Waals surface area (Å²) in [5.41, 5.74) is 2.88. The van der Waals surface area contributed by atoms with Gasteiger partial charge in [-0.2, -0.15) is 0 Å². The molecule has 69 valence electrons. The Hall–Kier alpha value is 1.30. The first-order valence-corrected chi connectivity index (χ1v) is 4.97. The first-order valence-electron chi connectivity index (χ1n) is 3.74. The van der Waals surface area contributed by atoms with Crippen molar-refractivity contribution in [1.29, 1.82) is 0 Å². The van der Waals surface area contributed by atoms with Crippen molar-refractivity contribution in [3.63, 3.8) is 0 Å². The Bertz CT molecular complexity index is 318. The summed E-state index contributed by atoms with van der Waals surface area (Å²) in [4.78, 5) is 0. The van der Waals surface area contributed by atoms with Gasteiger partial charge in [0.25, 0.3) is 0 Å². The molecule has 0 fully saturated rings. The fourth-order valence-corrected chi connectivity index (χ4v) is 2.23. The van der Waals surface area contributed by atoms with Crippen LogP contribution in [-0.4, -0.2) is 0 Å². The second-order valence-electron chi connectivity index (χ2n) is 3.12. The molecule has 1 unspecified atom stereocenters. The van der Waals surface area contributed by atoms with Gasteiger partial charge in [0.1, 0.15) is 0 Å². The van der Waals surface area contributed by atoms with Crippen LogP contribution in [0.1, 0.15) is 18.1 Å². The molecule has 0 amide bonds. The molecule has 13 heavy (non-hydrogen) atoms. The van der Waals surface area contributed by atoms with E-state index in [9.17, 15) is 0 Å². The molecule has 1 aromatic carbocycles. The summed E-state index contributed by atoms with van der Waals surface area (Å²) in [6.07, 6.45) is 4.53. The van der Waals surface area contributed by atoms with Crippen molar-refractivity contribution in [1.82, 2.24) is 0 Å². The minimum Gasteiger partial charge on any atom is -0.107 e. The SMILES string of the molecule is C[C]1([Zr])C=Cc2ccccc21.I.I. The van der Waals surface area contributed by atoms with Crippen molar-refractivity contribution in [2.45, 2.75) is 10.0 Å². The van der Waals surface area contributed by atoms with Crippen LogP contribution >= 0.6 is 48.0 Å². The van der Waals surface area contributed by atoms with Crippen LogP contribution in [0.3, 0.4) is 0 Å². The minimum atomic E-state index is 0. The van der Waals surface area contributed by atoms with Gasteiger partial charge in [-0.05, 0) is 0 Å². The Morgan fingerprint density at radius 1 is 1.15 bits per heavy atom. The molecule has 1 aliphatic carbocycles. The molecule has 0 N–H and O–H groups in total. The molecular weight excluding hydrogens is 465 g/mol. The van der Waals surface area contributed by atoms with E-state index in [0.717, 1.165) is 0 Å². The third-order valence-electron chi connectivity index (χ3n) is 2.12. The molecule has 1 aliphatic rings. The quantitative estimate of drug-likeness (QED) is 0.502. The average molecular weight is 476 g/mol. The number of rotatable bonds is 0. The van der Waals surface area contributed by atoms with E-state index >= 15 is 0 Å². The fourth-order valence-electron chi connectivity index (χ4n) is 1.46. The van der Waals surface area contributed by atoms with Gasteiger partial charge < -0.3 is 0 Å². The third-order valence-corrected chi connectivity index (χ3v) is 3.19. The Balaban J connectivity index is 0.000000720. The smallest absolute Gasteiger partial charge is 0.107 e.